The summed E-state index contributed by atoms with van der Waals surface area (Å²) in [6, 6.07) is 11.6. The van der Waals surface area contributed by atoms with Crippen LogP contribution in [0.4, 0.5) is 8.78 Å². The van der Waals surface area contributed by atoms with E-state index in [-0.39, 0.29) is 41.3 Å². The lowest BCUT2D eigenvalue weighted by molar-refractivity contribution is 0.0697. The number of methoxy groups -OCH3 is 1. The lowest BCUT2D eigenvalue weighted by Crippen LogP contribution is -2.10. The molecule has 0 saturated heterocycles. The van der Waals surface area contributed by atoms with E-state index in [0.29, 0.717) is 35.7 Å². The van der Waals surface area contributed by atoms with E-state index in [4.69, 9.17) is 9.47 Å². The first-order valence-corrected chi connectivity index (χ1v) is 12.4. The van der Waals surface area contributed by atoms with E-state index in [1.54, 1.807) is 48.3 Å². The summed E-state index contributed by atoms with van der Waals surface area (Å²) >= 11 is 0. The van der Waals surface area contributed by atoms with Crippen molar-refractivity contribution in [3.8, 4) is 17.1 Å². The van der Waals surface area contributed by atoms with E-state index < -0.39 is 17.6 Å². The number of hydrogen-bond donors (Lipinski definition) is 1. The van der Waals surface area contributed by atoms with Gasteiger partial charge in [0.25, 0.3) is 0 Å². The largest absolute Gasteiger partial charge is 0.478 e. The smallest absolute Gasteiger partial charge is 0.335 e. The third-order valence-electron chi connectivity index (χ3n) is 6.28. The fourth-order valence-electron chi connectivity index (χ4n) is 4.25. The third-order valence-corrected chi connectivity index (χ3v) is 6.28. The van der Waals surface area contributed by atoms with Gasteiger partial charge in [-0.05, 0) is 48.9 Å². The van der Waals surface area contributed by atoms with Gasteiger partial charge in [-0.25, -0.2) is 23.5 Å². The van der Waals surface area contributed by atoms with Crippen molar-refractivity contribution in [2.45, 2.75) is 26.5 Å². The average molecular weight is 546 g/mol. The van der Waals surface area contributed by atoms with Gasteiger partial charge in [0, 0.05) is 37.9 Å². The summed E-state index contributed by atoms with van der Waals surface area (Å²) < 4.78 is 43.3. The molecule has 0 spiro atoms. The number of aromatic nitrogens is 5. The van der Waals surface area contributed by atoms with E-state index in [9.17, 15) is 9.90 Å². The molecule has 0 amide bonds. The fraction of sp³-hybridized carbons (Fsp3) is 0.207. The van der Waals surface area contributed by atoms with E-state index in [2.05, 4.69) is 19.9 Å². The minimum absolute atomic E-state index is 0.0131. The fourth-order valence-corrected chi connectivity index (χ4v) is 4.25. The van der Waals surface area contributed by atoms with Crippen LogP contribution in [0.15, 0.2) is 60.9 Å². The van der Waals surface area contributed by atoms with Crippen molar-refractivity contribution in [2.75, 3.05) is 13.7 Å². The van der Waals surface area contributed by atoms with Gasteiger partial charge in [0.05, 0.1) is 46.5 Å². The minimum Gasteiger partial charge on any atom is -0.478 e. The Morgan fingerprint density at radius 2 is 1.88 bits per heavy atom. The molecule has 0 aliphatic rings. The van der Waals surface area contributed by atoms with Gasteiger partial charge in [0.1, 0.15) is 24.1 Å². The van der Waals surface area contributed by atoms with Gasteiger partial charge < -0.3 is 19.1 Å². The second-order valence-corrected chi connectivity index (χ2v) is 9.08. The van der Waals surface area contributed by atoms with Gasteiger partial charge in [-0.1, -0.05) is 6.07 Å². The number of carboxylic acid groups (broad SMARTS) is 1. The second kappa shape index (κ2) is 11.5. The summed E-state index contributed by atoms with van der Waals surface area (Å²) in [7, 11) is 1.54. The Bertz CT molecular complexity index is 1690. The molecular formula is C29H25F2N5O4. The molecule has 0 aliphatic heterocycles. The Hall–Kier alpha value is -4.77. The Balaban J connectivity index is 1.41. The molecule has 9 nitrogen and oxygen atoms in total. The van der Waals surface area contributed by atoms with Crippen molar-refractivity contribution >= 4 is 17.0 Å². The molecule has 0 fully saturated rings. The highest BCUT2D eigenvalue weighted by molar-refractivity contribution is 5.92. The van der Waals surface area contributed by atoms with Crippen LogP contribution in [0.25, 0.3) is 22.3 Å². The van der Waals surface area contributed by atoms with Gasteiger partial charge in [-0.3, -0.25) is 9.97 Å². The molecule has 11 heteroatoms. The zero-order chi connectivity index (χ0) is 28.2. The minimum atomic E-state index is -1.07. The van der Waals surface area contributed by atoms with Crippen molar-refractivity contribution in [3.63, 3.8) is 0 Å². The van der Waals surface area contributed by atoms with Crippen LogP contribution >= 0.6 is 0 Å². The Labute approximate surface area is 228 Å². The maximum absolute atomic E-state index is 15.3. The number of carboxylic acids is 1. The molecule has 0 unspecified atom stereocenters. The molecule has 3 aromatic heterocycles. The molecule has 3 heterocycles. The molecule has 0 atom stereocenters. The van der Waals surface area contributed by atoms with E-state index in [0.717, 1.165) is 17.8 Å². The number of nitrogens with zero attached hydrogens (tertiary/aromatic N) is 5. The van der Waals surface area contributed by atoms with E-state index in [1.165, 1.54) is 12.1 Å². The van der Waals surface area contributed by atoms with Gasteiger partial charge >= 0.3 is 5.97 Å². The normalized spacial score (nSPS) is 11.2. The first-order chi connectivity index (χ1) is 19.3. The van der Waals surface area contributed by atoms with Crippen LogP contribution in [0, 0.1) is 18.6 Å². The molecule has 5 aromatic rings. The number of benzene rings is 2. The number of rotatable bonds is 10. The second-order valence-electron chi connectivity index (χ2n) is 9.08. The zero-order valence-corrected chi connectivity index (χ0v) is 21.8. The highest BCUT2D eigenvalue weighted by Gasteiger charge is 2.18. The van der Waals surface area contributed by atoms with Crippen LogP contribution in [0.3, 0.4) is 0 Å². The predicted molar refractivity (Wildman–Crippen MR) is 142 cm³/mol. The highest BCUT2D eigenvalue weighted by atomic mass is 19.1. The summed E-state index contributed by atoms with van der Waals surface area (Å²) in [5, 5.41) is 9.38. The number of hydrogen-bond acceptors (Lipinski definition) is 7. The predicted octanol–water partition coefficient (Wildman–Crippen LogP) is 4.99. The highest BCUT2D eigenvalue weighted by Crippen LogP contribution is 2.28. The van der Waals surface area contributed by atoms with Gasteiger partial charge in [-0.15, -0.1) is 0 Å². The third kappa shape index (κ3) is 5.79. The molecule has 0 aliphatic carbocycles. The topological polar surface area (TPSA) is 112 Å². The molecular weight excluding hydrogens is 520 g/mol. The number of halogens is 2. The van der Waals surface area contributed by atoms with E-state index in [1.807, 2.05) is 6.92 Å². The number of imidazole rings is 1. The summed E-state index contributed by atoms with van der Waals surface area (Å²) in [4.78, 5) is 28.8. The van der Waals surface area contributed by atoms with Crippen molar-refractivity contribution in [3.05, 3.63) is 101 Å². The molecule has 0 radical (unpaired) electrons. The SMILES string of the molecule is COCCn1c(Cc2cc(F)c(-c3cccc(OCc4cnc(C)cn4)n3)cc2F)nc2ccc(C(=O)O)cc21. The Morgan fingerprint density at radius 1 is 1.02 bits per heavy atom. The lowest BCUT2D eigenvalue weighted by Gasteiger charge is -2.12. The van der Waals surface area contributed by atoms with Crippen LogP contribution < -0.4 is 4.74 Å². The molecule has 0 bridgehead atoms. The average Bonchev–Trinajstić information content (AvgIpc) is 3.29. The monoisotopic (exact) mass is 545 g/mol. The van der Waals surface area contributed by atoms with Crippen LogP contribution in [0.1, 0.15) is 33.1 Å². The van der Waals surface area contributed by atoms with Crippen LogP contribution in [0.5, 0.6) is 5.88 Å². The molecule has 204 valence electrons. The lowest BCUT2D eigenvalue weighted by atomic mass is 10.0. The summed E-state index contributed by atoms with van der Waals surface area (Å²) in [6.07, 6.45) is 3.21. The number of fused-ring (bicyclic) bond motifs is 1. The summed E-state index contributed by atoms with van der Waals surface area (Å²) in [5.41, 5.74) is 2.90. The number of pyridine rings is 1. The summed E-state index contributed by atoms with van der Waals surface area (Å²) in [6.45, 7) is 2.64. The number of aromatic carboxylic acids is 1. The maximum Gasteiger partial charge on any atom is 0.335 e. The van der Waals surface area contributed by atoms with Crippen LogP contribution in [-0.4, -0.2) is 49.3 Å². The molecule has 40 heavy (non-hydrogen) atoms. The van der Waals surface area contributed by atoms with Gasteiger partial charge in [0.2, 0.25) is 5.88 Å². The molecule has 0 saturated carbocycles. The number of aryl methyl sites for hydroxylation is 1. The standard InChI is InChI=1S/C29H25F2N5O4/c1-17-14-33-20(15-32-17)16-40-28-5-3-4-24(35-28)21-13-22(30)19(10-23(21)31)12-27-34-25-7-6-18(29(37)38)11-26(25)36(27)8-9-39-2/h3-7,10-11,13-15H,8-9,12,16H2,1-2H3,(H,37,38). The first-order valence-electron chi connectivity index (χ1n) is 12.4. The summed E-state index contributed by atoms with van der Waals surface area (Å²) in [5.74, 6) is -1.67. The molecule has 5 rings (SSSR count). The number of carbonyl (C=O) groups is 1. The van der Waals surface area contributed by atoms with Gasteiger partial charge in [-0.2, -0.15) is 0 Å². The Morgan fingerprint density at radius 3 is 2.62 bits per heavy atom. The zero-order valence-electron chi connectivity index (χ0n) is 21.8. The van der Waals surface area contributed by atoms with E-state index >= 15 is 8.78 Å². The van der Waals surface area contributed by atoms with Crippen molar-refractivity contribution in [2.24, 2.45) is 0 Å². The molecule has 2 aromatic carbocycles. The van der Waals surface area contributed by atoms with Crippen LogP contribution in [0.2, 0.25) is 0 Å². The van der Waals surface area contributed by atoms with Crippen molar-refractivity contribution < 1.29 is 28.2 Å². The quantitative estimate of drug-likeness (QED) is 0.261. The molecule has 1 N–H and O–H groups in total. The Kier molecular flexibility index (Phi) is 7.74. The van der Waals surface area contributed by atoms with Crippen LogP contribution in [-0.2, 0) is 24.3 Å². The maximum atomic E-state index is 15.3. The van der Waals surface area contributed by atoms with Crippen molar-refractivity contribution in [1.82, 2.24) is 24.5 Å². The van der Waals surface area contributed by atoms with Gasteiger partial charge in [0.15, 0.2) is 0 Å². The van der Waals surface area contributed by atoms with Crippen molar-refractivity contribution in [1.29, 1.82) is 0 Å². The number of ether oxygens (including phenoxy) is 2. The first kappa shape index (κ1) is 26.8.